The number of rotatable bonds is 5. The highest BCUT2D eigenvalue weighted by molar-refractivity contribution is 5.92. The molecule has 2 saturated carbocycles. The van der Waals surface area contributed by atoms with Crippen LogP contribution in [0, 0.1) is 0 Å². The molecule has 2 fully saturated rings. The van der Waals surface area contributed by atoms with Gasteiger partial charge in [0.15, 0.2) is 11.5 Å². The minimum atomic E-state index is -0.909. The summed E-state index contributed by atoms with van der Waals surface area (Å²) in [6, 6.07) is 11.6. The molecule has 150 valence electrons. The van der Waals surface area contributed by atoms with Crippen molar-refractivity contribution >= 4 is 5.91 Å². The quantitative estimate of drug-likeness (QED) is 0.802. The molecule has 5 nitrogen and oxygen atoms in total. The van der Waals surface area contributed by atoms with Gasteiger partial charge in [-0.3, -0.25) is 4.79 Å². The number of aliphatic hydroxyl groups is 1. The number of aliphatic hydroxyl groups excluding tert-OH is 1. The highest BCUT2D eigenvalue weighted by atomic mass is 16.5. The molecule has 2 aromatic rings. The summed E-state index contributed by atoms with van der Waals surface area (Å²) >= 11 is 0. The van der Waals surface area contributed by atoms with E-state index in [0.717, 1.165) is 31.2 Å². The van der Waals surface area contributed by atoms with Crippen LogP contribution >= 0.6 is 0 Å². The van der Waals surface area contributed by atoms with Crippen LogP contribution < -0.4 is 0 Å². The number of amides is 1. The van der Waals surface area contributed by atoms with Crippen LogP contribution in [-0.4, -0.2) is 33.2 Å². The van der Waals surface area contributed by atoms with Crippen molar-refractivity contribution in [1.29, 1.82) is 0 Å². The Morgan fingerprint density at radius 2 is 1.54 bits per heavy atom. The first kappa shape index (κ1) is 19.2. The molecule has 0 spiro atoms. The van der Waals surface area contributed by atoms with E-state index in [2.05, 4.69) is 10.1 Å². The molecule has 28 heavy (non-hydrogen) atoms. The van der Waals surface area contributed by atoms with Crippen molar-refractivity contribution in [2.45, 2.75) is 82.4 Å². The van der Waals surface area contributed by atoms with Crippen LogP contribution in [0.25, 0.3) is 0 Å². The number of carbonyl (C=O) groups is 1. The molecular weight excluding hydrogens is 352 g/mol. The molecule has 0 bridgehead atoms. The van der Waals surface area contributed by atoms with Gasteiger partial charge in [-0.2, -0.15) is 0 Å². The predicted molar refractivity (Wildman–Crippen MR) is 107 cm³/mol. The van der Waals surface area contributed by atoms with Crippen LogP contribution in [0.5, 0.6) is 0 Å². The van der Waals surface area contributed by atoms with Gasteiger partial charge in [-0.15, -0.1) is 0 Å². The number of hydrogen-bond donors (Lipinski definition) is 1. The molecule has 2 aliphatic carbocycles. The summed E-state index contributed by atoms with van der Waals surface area (Å²) in [4.78, 5) is 15.6. The molecule has 1 aromatic carbocycles. The van der Waals surface area contributed by atoms with Gasteiger partial charge >= 0.3 is 0 Å². The fraction of sp³-hybridized carbons (Fsp3) is 0.565. The minimum Gasteiger partial charge on any atom is -0.380 e. The Morgan fingerprint density at radius 1 is 0.964 bits per heavy atom. The Hall–Kier alpha value is -2.14. The zero-order valence-electron chi connectivity index (χ0n) is 16.4. The van der Waals surface area contributed by atoms with E-state index in [4.69, 9.17) is 4.52 Å². The highest BCUT2D eigenvalue weighted by Gasteiger charge is 2.34. The summed E-state index contributed by atoms with van der Waals surface area (Å²) < 4.78 is 5.38. The van der Waals surface area contributed by atoms with E-state index >= 15 is 0 Å². The maximum absolute atomic E-state index is 13.4. The van der Waals surface area contributed by atoms with Crippen LogP contribution in [0.15, 0.2) is 40.9 Å². The Labute approximate surface area is 166 Å². The molecule has 1 N–H and O–H groups in total. The molecule has 1 heterocycles. The van der Waals surface area contributed by atoms with Gasteiger partial charge in [0.25, 0.3) is 5.91 Å². The number of nitrogens with zero attached hydrogens (tertiary/aromatic N) is 2. The second-order valence-corrected chi connectivity index (χ2v) is 8.22. The third-order valence-electron chi connectivity index (χ3n) is 6.30. The van der Waals surface area contributed by atoms with Crippen LogP contribution in [-0.2, 0) is 0 Å². The molecular formula is C23H30N2O3. The maximum atomic E-state index is 13.4. The molecule has 0 saturated heterocycles. The van der Waals surface area contributed by atoms with Crippen molar-refractivity contribution in [3.63, 3.8) is 0 Å². The van der Waals surface area contributed by atoms with Crippen LogP contribution in [0.2, 0.25) is 0 Å². The average molecular weight is 383 g/mol. The van der Waals surface area contributed by atoms with Gasteiger partial charge in [-0.05, 0) is 31.2 Å². The van der Waals surface area contributed by atoms with E-state index in [-0.39, 0.29) is 5.91 Å². The number of hydrogen-bond acceptors (Lipinski definition) is 4. The predicted octanol–water partition coefficient (Wildman–Crippen LogP) is 4.86. The molecule has 4 rings (SSSR count). The summed E-state index contributed by atoms with van der Waals surface area (Å²) in [5.41, 5.74) is 1.05. The standard InChI is InChI=1S/C23H30N2O3/c26-22(17-10-4-1-5-11-17)21-16-20(24-28-21)23(27)25(18-12-6-2-7-13-18)19-14-8-3-9-15-19/h1,4-5,10-11,16,18-19,22,26H,2-3,6-9,12-15H2. The molecule has 1 aromatic heterocycles. The van der Waals surface area contributed by atoms with E-state index < -0.39 is 6.10 Å². The molecule has 1 atom stereocenters. The molecule has 5 heteroatoms. The van der Waals surface area contributed by atoms with Gasteiger partial charge in [0.2, 0.25) is 0 Å². The van der Waals surface area contributed by atoms with Crippen LogP contribution in [0.1, 0.15) is 92.1 Å². The monoisotopic (exact) mass is 382 g/mol. The zero-order chi connectivity index (χ0) is 19.3. The van der Waals surface area contributed by atoms with Crippen LogP contribution in [0.3, 0.4) is 0 Å². The first-order valence-corrected chi connectivity index (χ1v) is 10.8. The lowest BCUT2D eigenvalue weighted by atomic mass is 9.88. The van der Waals surface area contributed by atoms with Crippen LogP contribution in [0.4, 0.5) is 0 Å². The summed E-state index contributed by atoms with van der Waals surface area (Å²) in [5, 5.41) is 14.6. The lowest BCUT2D eigenvalue weighted by Crippen LogP contribution is -2.48. The maximum Gasteiger partial charge on any atom is 0.276 e. The third-order valence-corrected chi connectivity index (χ3v) is 6.30. The van der Waals surface area contributed by atoms with Gasteiger partial charge in [0.1, 0.15) is 6.10 Å². The molecule has 2 aliphatic rings. The van der Waals surface area contributed by atoms with Gasteiger partial charge < -0.3 is 14.5 Å². The van der Waals surface area contributed by atoms with Crippen molar-refractivity contribution < 1.29 is 14.4 Å². The molecule has 1 unspecified atom stereocenters. The topological polar surface area (TPSA) is 66.6 Å². The van der Waals surface area contributed by atoms with Gasteiger partial charge in [-0.1, -0.05) is 74.0 Å². The first-order valence-electron chi connectivity index (χ1n) is 10.8. The van der Waals surface area contributed by atoms with Crippen molar-refractivity contribution in [2.75, 3.05) is 0 Å². The lowest BCUT2D eigenvalue weighted by molar-refractivity contribution is 0.0438. The molecule has 1 amide bonds. The van der Waals surface area contributed by atoms with Crippen molar-refractivity contribution in [3.05, 3.63) is 53.4 Å². The van der Waals surface area contributed by atoms with Crippen molar-refractivity contribution in [1.82, 2.24) is 10.1 Å². The fourth-order valence-corrected chi connectivity index (χ4v) is 4.80. The number of aromatic nitrogens is 1. The van der Waals surface area contributed by atoms with Gasteiger partial charge in [0.05, 0.1) is 0 Å². The van der Waals surface area contributed by atoms with E-state index in [1.54, 1.807) is 6.07 Å². The Kier molecular flexibility index (Phi) is 6.10. The average Bonchev–Trinajstić information content (AvgIpc) is 3.26. The summed E-state index contributed by atoms with van der Waals surface area (Å²) in [7, 11) is 0. The third kappa shape index (κ3) is 4.14. The Bertz CT molecular complexity index is 743. The summed E-state index contributed by atoms with van der Waals surface area (Å²) in [5.74, 6) is 0.288. The Balaban J connectivity index is 1.55. The summed E-state index contributed by atoms with van der Waals surface area (Å²) in [6.07, 6.45) is 10.7. The van der Waals surface area contributed by atoms with E-state index in [1.807, 2.05) is 30.3 Å². The smallest absolute Gasteiger partial charge is 0.276 e. The molecule has 0 radical (unpaired) electrons. The second kappa shape index (κ2) is 8.91. The lowest BCUT2D eigenvalue weighted by Gasteiger charge is -2.41. The highest BCUT2D eigenvalue weighted by Crippen LogP contribution is 2.32. The van der Waals surface area contributed by atoms with Gasteiger partial charge in [0, 0.05) is 18.2 Å². The van der Waals surface area contributed by atoms with E-state index in [1.165, 1.54) is 38.5 Å². The Morgan fingerprint density at radius 3 is 2.11 bits per heavy atom. The van der Waals surface area contributed by atoms with E-state index in [0.29, 0.717) is 23.5 Å². The first-order chi connectivity index (χ1) is 13.7. The summed E-state index contributed by atoms with van der Waals surface area (Å²) in [6.45, 7) is 0. The second-order valence-electron chi connectivity index (χ2n) is 8.22. The SMILES string of the molecule is O=C(c1cc(C(O)c2ccccc2)on1)N(C1CCCCC1)C1CCCCC1. The zero-order valence-corrected chi connectivity index (χ0v) is 16.4. The van der Waals surface area contributed by atoms with E-state index in [9.17, 15) is 9.90 Å². The fourth-order valence-electron chi connectivity index (χ4n) is 4.80. The number of benzene rings is 1. The largest absolute Gasteiger partial charge is 0.380 e. The van der Waals surface area contributed by atoms with Gasteiger partial charge in [-0.25, -0.2) is 0 Å². The minimum absolute atomic E-state index is 0.0333. The number of carbonyl (C=O) groups excluding carboxylic acids is 1. The normalized spacial score (nSPS) is 20.0. The van der Waals surface area contributed by atoms with Crippen molar-refractivity contribution in [2.24, 2.45) is 0 Å². The molecule has 0 aliphatic heterocycles. The van der Waals surface area contributed by atoms with Crippen molar-refractivity contribution in [3.8, 4) is 0 Å².